The lowest BCUT2D eigenvalue weighted by molar-refractivity contribution is 0.415. The highest BCUT2D eigenvalue weighted by atomic mass is 35.5. The number of ether oxygens (including phenoxy) is 1. The summed E-state index contributed by atoms with van der Waals surface area (Å²) in [4.78, 5) is -0.140. The smallest absolute Gasteiger partial charge is 0.263 e. The van der Waals surface area contributed by atoms with Crippen molar-refractivity contribution in [1.29, 1.82) is 5.26 Å². The fourth-order valence-electron chi connectivity index (χ4n) is 1.65. The molecule has 0 heterocycles. The molecule has 0 bridgehead atoms. The van der Waals surface area contributed by atoms with E-state index in [0.29, 0.717) is 11.4 Å². The molecule has 0 saturated heterocycles. The fraction of sp³-hybridized carbons (Fsp3) is 0.0714. The maximum atomic E-state index is 12.3. The third-order valence-electron chi connectivity index (χ3n) is 2.69. The summed E-state index contributed by atoms with van der Waals surface area (Å²) < 4.78 is 32.0. The zero-order valence-corrected chi connectivity index (χ0v) is 12.6. The second kappa shape index (κ2) is 6.04. The van der Waals surface area contributed by atoms with Gasteiger partial charge in [-0.25, -0.2) is 8.42 Å². The summed E-state index contributed by atoms with van der Waals surface area (Å²) in [6, 6.07) is 12.3. The number of benzene rings is 2. The summed E-state index contributed by atoms with van der Waals surface area (Å²) >= 11 is 5.90. The first-order valence-corrected chi connectivity index (χ1v) is 7.69. The molecule has 0 fully saturated rings. The van der Waals surface area contributed by atoms with Gasteiger partial charge in [0.1, 0.15) is 10.6 Å². The molecule has 0 unspecified atom stereocenters. The highest BCUT2D eigenvalue weighted by Gasteiger charge is 2.18. The van der Waals surface area contributed by atoms with Crippen molar-refractivity contribution in [3.05, 3.63) is 53.1 Å². The molecule has 21 heavy (non-hydrogen) atoms. The van der Waals surface area contributed by atoms with Gasteiger partial charge in [0.25, 0.3) is 10.0 Å². The Hall–Kier alpha value is -2.23. The molecular weight excluding hydrogens is 312 g/mol. The van der Waals surface area contributed by atoms with Gasteiger partial charge in [-0.15, -0.1) is 0 Å². The number of nitriles is 1. The zero-order valence-electron chi connectivity index (χ0n) is 11.0. The Morgan fingerprint density at radius 2 is 1.86 bits per heavy atom. The van der Waals surface area contributed by atoms with Gasteiger partial charge >= 0.3 is 0 Å². The van der Waals surface area contributed by atoms with Crippen LogP contribution < -0.4 is 9.46 Å². The van der Waals surface area contributed by atoms with E-state index in [0.717, 1.165) is 0 Å². The van der Waals surface area contributed by atoms with Crippen LogP contribution in [-0.4, -0.2) is 15.5 Å². The second-order valence-electron chi connectivity index (χ2n) is 4.09. The Morgan fingerprint density at radius 1 is 1.19 bits per heavy atom. The Labute approximate surface area is 127 Å². The van der Waals surface area contributed by atoms with Crippen molar-refractivity contribution >= 4 is 27.3 Å². The molecule has 1 N–H and O–H groups in total. The summed E-state index contributed by atoms with van der Waals surface area (Å²) in [6.45, 7) is 0. The van der Waals surface area contributed by atoms with Crippen molar-refractivity contribution in [2.24, 2.45) is 0 Å². The van der Waals surface area contributed by atoms with Crippen LogP contribution in [0.5, 0.6) is 5.75 Å². The number of nitrogens with one attached hydrogen (secondary N) is 1. The van der Waals surface area contributed by atoms with Crippen LogP contribution in [0.25, 0.3) is 0 Å². The molecule has 0 aliphatic rings. The van der Waals surface area contributed by atoms with E-state index in [1.54, 1.807) is 24.3 Å². The van der Waals surface area contributed by atoms with E-state index in [-0.39, 0.29) is 15.5 Å². The molecule has 2 rings (SSSR count). The number of hydrogen-bond donors (Lipinski definition) is 1. The number of nitrogens with zero attached hydrogens (tertiary/aromatic N) is 1. The maximum Gasteiger partial charge on any atom is 0.263 e. The average Bonchev–Trinajstić information content (AvgIpc) is 2.48. The Morgan fingerprint density at radius 3 is 2.43 bits per heavy atom. The first-order valence-electron chi connectivity index (χ1n) is 5.83. The minimum atomic E-state index is -3.87. The van der Waals surface area contributed by atoms with E-state index < -0.39 is 10.0 Å². The van der Waals surface area contributed by atoms with Gasteiger partial charge in [-0.3, -0.25) is 4.72 Å². The Balaban J connectivity index is 2.36. The van der Waals surface area contributed by atoms with Crippen molar-refractivity contribution in [3.63, 3.8) is 0 Å². The van der Waals surface area contributed by atoms with Crippen molar-refractivity contribution < 1.29 is 13.2 Å². The molecule has 0 radical (unpaired) electrons. The maximum absolute atomic E-state index is 12.3. The minimum Gasteiger partial charge on any atom is -0.497 e. The third kappa shape index (κ3) is 3.45. The van der Waals surface area contributed by atoms with Gasteiger partial charge in [-0.1, -0.05) is 11.6 Å². The topological polar surface area (TPSA) is 79.2 Å². The summed E-state index contributed by atoms with van der Waals surface area (Å²) in [5.41, 5.74) is 0.587. The van der Waals surface area contributed by atoms with Gasteiger partial charge in [-0.05, 0) is 42.5 Å². The van der Waals surface area contributed by atoms with Crippen molar-refractivity contribution in [3.8, 4) is 11.8 Å². The van der Waals surface area contributed by atoms with Gasteiger partial charge in [0.05, 0.1) is 23.8 Å². The molecule has 0 aliphatic carbocycles. The Kier molecular flexibility index (Phi) is 4.36. The standard InChI is InChI=1S/C14H11ClN2O3S/c1-20-12-5-3-11(4-6-12)17-21(18,19)14-8-10(9-16)2-7-13(14)15/h2-8,17H,1H3. The molecule has 0 spiro atoms. The quantitative estimate of drug-likeness (QED) is 0.938. The molecule has 108 valence electrons. The van der Waals surface area contributed by atoms with Gasteiger partial charge < -0.3 is 4.74 Å². The highest BCUT2D eigenvalue weighted by molar-refractivity contribution is 7.92. The number of sulfonamides is 1. The molecule has 0 amide bonds. The molecule has 0 aromatic heterocycles. The molecule has 2 aromatic carbocycles. The normalized spacial score (nSPS) is 10.7. The predicted molar refractivity (Wildman–Crippen MR) is 80.0 cm³/mol. The van der Waals surface area contributed by atoms with Crippen LogP contribution in [-0.2, 0) is 10.0 Å². The minimum absolute atomic E-state index is 0.0509. The van der Waals surface area contributed by atoms with E-state index in [4.69, 9.17) is 21.6 Å². The lowest BCUT2D eigenvalue weighted by atomic mass is 10.2. The van der Waals surface area contributed by atoms with Crippen LogP contribution in [0, 0.1) is 11.3 Å². The first-order chi connectivity index (χ1) is 9.96. The van der Waals surface area contributed by atoms with E-state index in [2.05, 4.69) is 4.72 Å². The van der Waals surface area contributed by atoms with Crippen molar-refractivity contribution in [2.45, 2.75) is 4.90 Å². The monoisotopic (exact) mass is 322 g/mol. The van der Waals surface area contributed by atoms with Crippen molar-refractivity contribution in [1.82, 2.24) is 0 Å². The Bertz CT molecular complexity index is 796. The lowest BCUT2D eigenvalue weighted by Gasteiger charge is -2.10. The largest absolute Gasteiger partial charge is 0.497 e. The third-order valence-corrected chi connectivity index (χ3v) is 4.55. The van der Waals surface area contributed by atoms with Gasteiger partial charge in [0, 0.05) is 5.69 Å². The summed E-state index contributed by atoms with van der Waals surface area (Å²) in [5.74, 6) is 0.613. The van der Waals surface area contributed by atoms with E-state index in [9.17, 15) is 8.42 Å². The number of hydrogen-bond acceptors (Lipinski definition) is 4. The van der Waals surface area contributed by atoms with E-state index >= 15 is 0 Å². The van der Waals surface area contributed by atoms with Crippen LogP contribution in [0.2, 0.25) is 5.02 Å². The number of methoxy groups -OCH3 is 1. The predicted octanol–water partition coefficient (Wildman–Crippen LogP) is 3.02. The van der Waals surface area contributed by atoms with Crippen molar-refractivity contribution in [2.75, 3.05) is 11.8 Å². The van der Waals surface area contributed by atoms with E-state index in [1.165, 1.54) is 25.3 Å². The van der Waals surface area contributed by atoms with Crippen LogP contribution in [0.1, 0.15) is 5.56 Å². The van der Waals surface area contributed by atoms with Gasteiger partial charge in [-0.2, -0.15) is 5.26 Å². The fourth-order valence-corrected chi connectivity index (χ4v) is 3.23. The lowest BCUT2D eigenvalue weighted by Crippen LogP contribution is -2.13. The number of halogens is 1. The molecule has 7 heteroatoms. The SMILES string of the molecule is COc1ccc(NS(=O)(=O)c2cc(C#N)ccc2Cl)cc1. The van der Waals surface area contributed by atoms with E-state index in [1.807, 2.05) is 6.07 Å². The summed E-state index contributed by atoms with van der Waals surface area (Å²) in [5, 5.41) is 8.89. The number of anilines is 1. The zero-order chi connectivity index (χ0) is 15.5. The number of rotatable bonds is 4. The van der Waals surface area contributed by atoms with Crippen LogP contribution in [0.4, 0.5) is 5.69 Å². The molecule has 0 saturated carbocycles. The average molecular weight is 323 g/mol. The van der Waals surface area contributed by atoms with Crippen LogP contribution in [0.15, 0.2) is 47.4 Å². The summed E-state index contributed by atoms with van der Waals surface area (Å²) in [7, 11) is -2.35. The van der Waals surface area contributed by atoms with Gasteiger partial charge in [0.2, 0.25) is 0 Å². The van der Waals surface area contributed by atoms with Crippen LogP contribution in [0.3, 0.4) is 0 Å². The second-order valence-corrected chi connectivity index (χ2v) is 6.15. The molecule has 2 aromatic rings. The van der Waals surface area contributed by atoms with Gasteiger partial charge in [0.15, 0.2) is 0 Å². The molecule has 5 nitrogen and oxygen atoms in total. The molecular formula is C14H11ClN2O3S. The molecule has 0 aliphatic heterocycles. The highest BCUT2D eigenvalue weighted by Crippen LogP contribution is 2.25. The molecule has 0 atom stereocenters. The first kappa shape index (κ1) is 15.2. The van der Waals surface area contributed by atoms with Crippen LogP contribution >= 0.6 is 11.6 Å². The summed E-state index contributed by atoms with van der Waals surface area (Å²) in [6.07, 6.45) is 0.